The van der Waals surface area contributed by atoms with E-state index < -0.39 is 5.82 Å². The number of hydrogen-bond acceptors (Lipinski definition) is 7. The van der Waals surface area contributed by atoms with Crippen LogP contribution < -0.4 is 10.4 Å². The Balaban J connectivity index is 1.30. The first kappa shape index (κ1) is 23.8. The quantitative estimate of drug-likeness (QED) is 0.271. The summed E-state index contributed by atoms with van der Waals surface area (Å²) < 4.78 is 16.0. The van der Waals surface area contributed by atoms with E-state index in [9.17, 15) is 9.90 Å². The lowest BCUT2D eigenvalue weighted by atomic mass is 9.78. The van der Waals surface area contributed by atoms with E-state index in [0.717, 1.165) is 36.7 Å². The SMILES string of the molecule is O=C(NO)C1CC(N2CCN(c3ncnc4c(F)c(-c5cc(O)cc6ccccc56)c(Cl)cc34)CC2)C1. The fourth-order valence-electron chi connectivity index (χ4n) is 5.61. The maximum atomic E-state index is 16.0. The molecular formula is C27H25ClFN5O3. The number of halogens is 2. The summed E-state index contributed by atoms with van der Waals surface area (Å²) >= 11 is 6.69. The summed E-state index contributed by atoms with van der Waals surface area (Å²) in [7, 11) is 0. The molecule has 0 atom stereocenters. The van der Waals surface area contributed by atoms with Crippen molar-refractivity contribution in [3.63, 3.8) is 0 Å². The molecule has 190 valence electrons. The number of aromatic hydroxyl groups is 1. The molecule has 3 N–H and O–H groups in total. The molecule has 2 fully saturated rings. The number of phenolic OH excluding ortho intramolecular Hbond substituents is 1. The highest BCUT2D eigenvalue weighted by Crippen LogP contribution is 2.42. The second kappa shape index (κ2) is 9.41. The number of fused-ring (bicyclic) bond motifs is 2. The first-order chi connectivity index (χ1) is 17.9. The molecule has 1 aliphatic carbocycles. The Labute approximate surface area is 217 Å². The van der Waals surface area contributed by atoms with E-state index in [1.165, 1.54) is 12.4 Å². The third-order valence-electron chi connectivity index (χ3n) is 7.64. The first-order valence-electron chi connectivity index (χ1n) is 12.2. The highest BCUT2D eigenvalue weighted by atomic mass is 35.5. The normalized spacial score (nSPS) is 20.2. The van der Waals surface area contributed by atoms with E-state index in [0.29, 0.717) is 35.9 Å². The fraction of sp³-hybridized carbons (Fsp3) is 0.296. The molecule has 6 rings (SSSR count). The van der Waals surface area contributed by atoms with E-state index in [2.05, 4.69) is 19.8 Å². The maximum Gasteiger partial charge on any atom is 0.246 e. The van der Waals surface area contributed by atoms with Crippen molar-refractivity contribution in [3.05, 3.63) is 59.6 Å². The van der Waals surface area contributed by atoms with Crippen LogP contribution in [0.5, 0.6) is 5.75 Å². The van der Waals surface area contributed by atoms with Gasteiger partial charge >= 0.3 is 0 Å². The van der Waals surface area contributed by atoms with Gasteiger partial charge in [0.2, 0.25) is 5.91 Å². The van der Waals surface area contributed by atoms with Crippen LogP contribution in [0.4, 0.5) is 10.2 Å². The number of carbonyl (C=O) groups excluding carboxylic acids is 1. The highest BCUT2D eigenvalue weighted by Gasteiger charge is 2.39. The number of amides is 1. The summed E-state index contributed by atoms with van der Waals surface area (Å²) in [5.74, 6) is -0.353. The highest BCUT2D eigenvalue weighted by molar-refractivity contribution is 6.35. The Morgan fingerprint density at radius 1 is 1.05 bits per heavy atom. The van der Waals surface area contributed by atoms with Crippen LogP contribution in [0.25, 0.3) is 32.8 Å². The van der Waals surface area contributed by atoms with Crippen LogP contribution in [0.2, 0.25) is 5.02 Å². The average molecular weight is 522 g/mol. The number of aromatic nitrogens is 2. The summed E-state index contributed by atoms with van der Waals surface area (Å²) in [6.07, 6.45) is 2.84. The molecule has 37 heavy (non-hydrogen) atoms. The Hall–Kier alpha value is -3.53. The maximum absolute atomic E-state index is 16.0. The van der Waals surface area contributed by atoms with Crippen LogP contribution in [0.3, 0.4) is 0 Å². The van der Waals surface area contributed by atoms with Crippen molar-refractivity contribution in [3.8, 4) is 16.9 Å². The van der Waals surface area contributed by atoms with Gasteiger partial charge in [-0.05, 0) is 47.4 Å². The Morgan fingerprint density at radius 2 is 1.81 bits per heavy atom. The van der Waals surface area contributed by atoms with Crippen LogP contribution in [0.15, 0.2) is 48.8 Å². The van der Waals surface area contributed by atoms with Crippen molar-refractivity contribution in [2.75, 3.05) is 31.1 Å². The zero-order valence-electron chi connectivity index (χ0n) is 19.9. The van der Waals surface area contributed by atoms with E-state index in [1.807, 2.05) is 24.3 Å². The van der Waals surface area contributed by atoms with Crippen LogP contribution in [-0.4, -0.2) is 63.3 Å². The average Bonchev–Trinajstić information content (AvgIpc) is 2.88. The summed E-state index contributed by atoms with van der Waals surface area (Å²) in [4.78, 5) is 24.8. The fourth-order valence-corrected chi connectivity index (χ4v) is 5.90. The zero-order valence-corrected chi connectivity index (χ0v) is 20.6. The molecule has 4 aromatic rings. The largest absolute Gasteiger partial charge is 0.508 e. The number of nitrogens with one attached hydrogen (secondary N) is 1. The second-order valence-corrected chi connectivity index (χ2v) is 10.1. The van der Waals surface area contributed by atoms with Crippen molar-refractivity contribution in [2.24, 2.45) is 5.92 Å². The van der Waals surface area contributed by atoms with Gasteiger partial charge in [0.05, 0.1) is 5.02 Å². The second-order valence-electron chi connectivity index (χ2n) is 9.68. The van der Waals surface area contributed by atoms with Crippen molar-refractivity contribution in [2.45, 2.75) is 18.9 Å². The number of carbonyl (C=O) groups is 1. The minimum Gasteiger partial charge on any atom is -0.508 e. The van der Waals surface area contributed by atoms with Gasteiger partial charge in [-0.25, -0.2) is 19.8 Å². The number of phenols is 1. The van der Waals surface area contributed by atoms with E-state index in [4.69, 9.17) is 16.8 Å². The van der Waals surface area contributed by atoms with Gasteiger partial charge in [0.1, 0.15) is 23.4 Å². The molecule has 0 bridgehead atoms. The smallest absolute Gasteiger partial charge is 0.246 e. The molecule has 1 saturated heterocycles. The number of piperazine rings is 1. The van der Waals surface area contributed by atoms with Gasteiger partial charge in [-0.15, -0.1) is 0 Å². The molecule has 1 aromatic heterocycles. The van der Waals surface area contributed by atoms with Crippen molar-refractivity contribution < 1.29 is 19.5 Å². The van der Waals surface area contributed by atoms with Crippen LogP contribution in [0.1, 0.15) is 12.8 Å². The predicted molar refractivity (Wildman–Crippen MR) is 139 cm³/mol. The molecule has 0 unspecified atom stereocenters. The van der Waals surface area contributed by atoms with Gasteiger partial charge in [0.25, 0.3) is 0 Å². The third kappa shape index (κ3) is 4.13. The predicted octanol–water partition coefficient (Wildman–Crippen LogP) is 4.35. The van der Waals surface area contributed by atoms with Crippen molar-refractivity contribution in [1.82, 2.24) is 20.3 Å². The van der Waals surface area contributed by atoms with Crippen molar-refractivity contribution in [1.29, 1.82) is 0 Å². The first-order valence-corrected chi connectivity index (χ1v) is 12.6. The molecule has 1 saturated carbocycles. The summed E-state index contributed by atoms with van der Waals surface area (Å²) in [6.45, 7) is 2.95. The van der Waals surface area contributed by atoms with Crippen molar-refractivity contribution >= 4 is 45.0 Å². The van der Waals surface area contributed by atoms with Gasteiger partial charge in [-0.1, -0.05) is 35.9 Å². The van der Waals surface area contributed by atoms with Gasteiger partial charge in [-0.3, -0.25) is 14.9 Å². The number of rotatable bonds is 4. The number of hydrogen-bond donors (Lipinski definition) is 3. The van der Waals surface area contributed by atoms with Gasteiger partial charge in [-0.2, -0.15) is 0 Å². The van der Waals surface area contributed by atoms with Gasteiger partial charge < -0.3 is 10.0 Å². The van der Waals surface area contributed by atoms with E-state index >= 15 is 4.39 Å². The monoisotopic (exact) mass is 521 g/mol. The lowest BCUT2D eigenvalue weighted by molar-refractivity contribution is -0.138. The summed E-state index contributed by atoms with van der Waals surface area (Å²) in [6, 6.07) is 12.6. The van der Waals surface area contributed by atoms with E-state index in [-0.39, 0.29) is 33.7 Å². The Morgan fingerprint density at radius 3 is 2.57 bits per heavy atom. The van der Waals surface area contributed by atoms with Gasteiger partial charge in [0, 0.05) is 49.1 Å². The topological polar surface area (TPSA) is 102 Å². The molecule has 2 heterocycles. The Kier molecular flexibility index (Phi) is 6.06. The minimum absolute atomic E-state index is 0.0280. The molecule has 10 heteroatoms. The molecule has 3 aromatic carbocycles. The minimum atomic E-state index is -0.553. The summed E-state index contributed by atoms with van der Waals surface area (Å²) in [5.41, 5.74) is 2.61. The van der Waals surface area contributed by atoms with Gasteiger partial charge in [0.15, 0.2) is 5.82 Å². The Bertz CT molecular complexity index is 1520. The zero-order chi connectivity index (χ0) is 25.7. The molecule has 8 nitrogen and oxygen atoms in total. The molecule has 1 amide bonds. The molecular weight excluding hydrogens is 497 g/mol. The number of anilines is 1. The molecule has 0 radical (unpaired) electrons. The van der Waals surface area contributed by atoms with Crippen LogP contribution in [0, 0.1) is 11.7 Å². The van der Waals surface area contributed by atoms with Crippen LogP contribution in [-0.2, 0) is 4.79 Å². The number of nitrogens with zero attached hydrogens (tertiary/aromatic N) is 4. The standard InChI is InChI=1S/C27H25ClFN5O3/c28-22-13-21-25(24(29)23(22)20-12-18(35)11-15-3-1-2-4-19(15)20)30-14-31-26(21)34-7-5-33(6-8-34)17-9-16(10-17)27(36)32-37/h1-4,11-14,16-17,35,37H,5-10H2,(H,32,36). The molecule has 2 aliphatic rings. The van der Waals surface area contributed by atoms with Crippen LogP contribution >= 0.6 is 11.6 Å². The molecule has 1 aliphatic heterocycles. The lowest BCUT2D eigenvalue weighted by Crippen LogP contribution is -2.56. The molecule has 0 spiro atoms. The van der Waals surface area contributed by atoms with E-state index in [1.54, 1.807) is 17.6 Å². The lowest BCUT2D eigenvalue weighted by Gasteiger charge is -2.46. The number of hydroxylamine groups is 1. The summed E-state index contributed by atoms with van der Waals surface area (Å²) in [5, 5.41) is 21.4. The number of benzene rings is 3. The third-order valence-corrected chi connectivity index (χ3v) is 7.94.